The van der Waals surface area contributed by atoms with Crippen molar-refractivity contribution in [3.63, 3.8) is 0 Å². The maximum atomic E-state index is 10.6. The van der Waals surface area contributed by atoms with Crippen LogP contribution in [0, 0.1) is 0 Å². The molecule has 0 atom stereocenters. The summed E-state index contributed by atoms with van der Waals surface area (Å²) < 4.78 is 24.8. The van der Waals surface area contributed by atoms with Crippen LogP contribution in [0.25, 0.3) is 0 Å². The van der Waals surface area contributed by atoms with Crippen molar-refractivity contribution in [3.8, 4) is 5.75 Å². The largest absolute Gasteiger partial charge is 0.495 e. The number of aromatic nitrogens is 1. The number of H-pyrrole nitrogens is 1. The maximum absolute atomic E-state index is 10.6. The van der Waals surface area contributed by atoms with Crippen LogP contribution >= 0.6 is 0 Å². The van der Waals surface area contributed by atoms with Crippen LogP contribution in [-0.4, -0.2) is 17.9 Å². The molecule has 0 aliphatic carbocycles. The van der Waals surface area contributed by atoms with E-state index in [9.17, 15) is 4.79 Å². The second-order valence-corrected chi connectivity index (χ2v) is 1.72. The van der Waals surface area contributed by atoms with Gasteiger partial charge in [-0.2, -0.15) is 0 Å². The Hall–Kier alpha value is -1.45. The van der Waals surface area contributed by atoms with Crippen LogP contribution in [0.5, 0.6) is 5.75 Å². The number of amides is 1. The van der Waals surface area contributed by atoms with Crippen molar-refractivity contribution in [2.45, 2.75) is 0 Å². The molecule has 0 unspecified atom stereocenters. The van der Waals surface area contributed by atoms with E-state index in [2.05, 4.69) is 9.72 Å². The van der Waals surface area contributed by atoms with Gasteiger partial charge in [-0.3, -0.25) is 4.79 Å². The number of carbonyl (C=O) groups is 1. The van der Waals surface area contributed by atoms with Crippen molar-refractivity contribution in [3.05, 3.63) is 18.0 Å². The van der Waals surface area contributed by atoms with E-state index in [0.29, 0.717) is 0 Å². The molecule has 0 aromatic carbocycles. The van der Waals surface area contributed by atoms with Gasteiger partial charge in [0.25, 0.3) is 5.91 Å². The minimum atomic E-state index is -2.52. The van der Waals surface area contributed by atoms with Crippen LogP contribution in [0.2, 0.25) is 0 Å². The summed E-state index contributed by atoms with van der Waals surface area (Å²) in [5.41, 5.74) is 5.03. The topological polar surface area (TPSA) is 68.1 Å². The predicted molar refractivity (Wildman–Crippen MR) is 35.9 cm³/mol. The van der Waals surface area contributed by atoms with Gasteiger partial charge in [-0.15, -0.1) is 0 Å². The molecular weight excluding hydrogens is 132 g/mol. The average molecular weight is 143 g/mol. The number of nitrogens with one attached hydrogen (secondary N) is 1. The quantitative estimate of drug-likeness (QED) is 0.617. The molecule has 0 fully saturated rings. The van der Waals surface area contributed by atoms with E-state index >= 15 is 0 Å². The SMILES string of the molecule is [2H]C([2H])([2H])Oc1c[nH]c(C(N)=O)c1. The van der Waals surface area contributed by atoms with Crippen LogP contribution < -0.4 is 10.5 Å². The second-order valence-electron chi connectivity index (χ2n) is 1.72. The molecule has 54 valence electrons. The number of ether oxygens (including phenoxy) is 1. The van der Waals surface area contributed by atoms with Gasteiger partial charge >= 0.3 is 0 Å². The first-order valence-corrected chi connectivity index (χ1v) is 2.56. The summed E-state index contributed by atoms with van der Waals surface area (Å²) in [4.78, 5) is 13.1. The molecule has 4 heteroatoms. The van der Waals surface area contributed by atoms with E-state index < -0.39 is 12.9 Å². The molecular formula is C6H8N2O2. The number of methoxy groups -OCH3 is 1. The fourth-order valence-electron chi connectivity index (χ4n) is 0.576. The van der Waals surface area contributed by atoms with E-state index in [4.69, 9.17) is 9.85 Å². The van der Waals surface area contributed by atoms with Crippen molar-refractivity contribution in [1.82, 2.24) is 4.98 Å². The molecule has 0 spiro atoms. The summed E-state index contributed by atoms with van der Waals surface area (Å²) in [6.45, 7) is 0. The highest BCUT2D eigenvalue weighted by atomic mass is 16.5. The summed E-state index contributed by atoms with van der Waals surface area (Å²) in [5.74, 6) is -0.603. The Morgan fingerprint density at radius 1 is 2.00 bits per heavy atom. The molecule has 1 rings (SSSR count). The third-order valence-electron chi connectivity index (χ3n) is 1.04. The number of hydrogen-bond donors (Lipinski definition) is 2. The lowest BCUT2D eigenvalue weighted by molar-refractivity contribution is 0.0996. The first-order chi connectivity index (χ1) is 5.88. The lowest BCUT2D eigenvalue weighted by atomic mass is 10.4. The summed E-state index contributed by atoms with van der Waals surface area (Å²) in [7, 11) is -2.52. The Morgan fingerprint density at radius 2 is 2.80 bits per heavy atom. The molecule has 10 heavy (non-hydrogen) atoms. The third-order valence-corrected chi connectivity index (χ3v) is 1.04. The molecule has 0 aliphatic heterocycles. The zero-order chi connectivity index (χ0) is 10.1. The highest BCUT2D eigenvalue weighted by Crippen LogP contribution is 2.09. The van der Waals surface area contributed by atoms with Crippen molar-refractivity contribution >= 4 is 5.91 Å². The van der Waals surface area contributed by atoms with Crippen LogP contribution in [-0.2, 0) is 0 Å². The highest BCUT2D eigenvalue weighted by molar-refractivity contribution is 5.91. The lowest BCUT2D eigenvalue weighted by Gasteiger charge is -1.88. The van der Waals surface area contributed by atoms with Crippen LogP contribution in [0.1, 0.15) is 14.6 Å². The lowest BCUT2D eigenvalue weighted by Crippen LogP contribution is -2.10. The van der Waals surface area contributed by atoms with Gasteiger partial charge < -0.3 is 15.5 Å². The van der Waals surface area contributed by atoms with Crippen molar-refractivity contribution in [1.29, 1.82) is 0 Å². The third kappa shape index (κ3) is 1.10. The minimum absolute atomic E-state index is 0.0637. The Kier molecular flexibility index (Phi) is 0.887. The summed E-state index contributed by atoms with van der Waals surface area (Å²) in [6, 6.07) is 1.23. The Labute approximate surface area is 62.2 Å². The van der Waals surface area contributed by atoms with Crippen molar-refractivity contribution in [2.24, 2.45) is 5.73 Å². The molecule has 0 saturated carbocycles. The molecule has 0 saturated heterocycles. The summed E-state index contributed by atoms with van der Waals surface area (Å²) >= 11 is 0. The number of nitrogens with two attached hydrogens (primary N) is 1. The molecule has 1 aromatic heterocycles. The molecule has 0 bridgehead atoms. The van der Waals surface area contributed by atoms with Gasteiger partial charge in [0.2, 0.25) is 0 Å². The van der Waals surface area contributed by atoms with Crippen LogP contribution in [0.3, 0.4) is 0 Å². The molecule has 1 aromatic rings. The van der Waals surface area contributed by atoms with E-state index in [1.165, 1.54) is 12.3 Å². The first-order valence-electron chi connectivity index (χ1n) is 4.06. The van der Waals surface area contributed by atoms with E-state index in [-0.39, 0.29) is 11.4 Å². The van der Waals surface area contributed by atoms with Gasteiger partial charge in [-0.25, -0.2) is 0 Å². The van der Waals surface area contributed by atoms with Gasteiger partial charge in [-0.1, -0.05) is 0 Å². The number of rotatable bonds is 2. The van der Waals surface area contributed by atoms with Gasteiger partial charge in [-0.05, 0) is 0 Å². The van der Waals surface area contributed by atoms with Crippen molar-refractivity contribution in [2.75, 3.05) is 7.04 Å². The normalized spacial score (nSPS) is 15.0. The first kappa shape index (κ1) is 3.65. The fourth-order valence-corrected chi connectivity index (χ4v) is 0.576. The number of aromatic amines is 1. The molecule has 1 amide bonds. The Balaban J connectivity index is 2.75. The smallest absolute Gasteiger partial charge is 0.265 e. The average Bonchev–Trinajstić information content (AvgIpc) is 2.31. The summed E-state index contributed by atoms with van der Waals surface area (Å²) in [6.07, 6.45) is 1.26. The number of hydrogen-bond acceptors (Lipinski definition) is 2. The zero-order valence-corrected chi connectivity index (χ0v) is 5.05. The highest BCUT2D eigenvalue weighted by Gasteiger charge is 2.02. The van der Waals surface area contributed by atoms with E-state index in [0.717, 1.165) is 0 Å². The second kappa shape index (κ2) is 2.43. The molecule has 0 radical (unpaired) electrons. The standard InChI is InChI=1S/C6H8N2O2/c1-10-4-2-5(6(7)9)8-3-4/h2-3,8H,1H3,(H2,7,9)/i1D3. The fraction of sp³-hybridized carbons (Fsp3) is 0.167. The number of primary amides is 1. The van der Waals surface area contributed by atoms with Crippen LogP contribution in [0.15, 0.2) is 12.3 Å². The monoisotopic (exact) mass is 143 g/mol. The van der Waals surface area contributed by atoms with E-state index in [1.54, 1.807) is 0 Å². The number of carbonyl (C=O) groups excluding carboxylic acids is 1. The molecule has 4 nitrogen and oxygen atoms in total. The minimum Gasteiger partial charge on any atom is -0.495 e. The van der Waals surface area contributed by atoms with E-state index in [1.807, 2.05) is 0 Å². The van der Waals surface area contributed by atoms with Crippen molar-refractivity contribution < 1.29 is 13.6 Å². The van der Waals surface area contributed by atoms with Crippen LogP contribution in [0.4, 0.5) is 0 Å². The van der Waals surface area contributed by atoms with Gasteiger partial charge in [0.1, 0.15) is 11.4 Å². The van der Waals surface area contributed by atoms with Gasteiger partial charge in [0, 0.05) is 12.3 Å². The molecule has 0 aliphatic rings. The molecule has 3 N–H and O–H groups in total. The van der Waals surface area contributed by atoms with Gasteiger partial charge in [0.15, 0.2) is 0 Å². The summed E-state index contributed by atoms with van der Waals surface area (Å²) in [5, 5.41) is 0. The molecule has 1 heterocycles. The maximum Gasteiger partial charge on any atom is 0.265 e. The zero-order valence-electron chi connectivity index (χ0n) is 8.05. The van der Waals surface area contributed by atoms with Gasteiger partial charge in [0.05, 0.1) is 11.2 Å². The Morgan fingerprint density at radius 3 is 3.30 bits per heavy atom. The Bertz CT molecular complexity index is 318. The predicted octanol–water partition coefficient (Wildman–Crippen LogP) is 0.122.